The van der Waals surface area contributed by atoms with E-state index >= 15 is 0 Å². The van der Waals surface area contributed by atoms with Gasteiger partial charge in [0.05, 0.1) is 11.3 Å². The Bertz CT molecular complexity index is 1010. The van der Waals surface area contributed by atoms with Crippen molar-refractivity contribution in [2.75, 3.05) is 18.4 Å². The van der Waals surface area contributed by atoms with Crippen molar-refractivity contribution in [2.24, 2.45) is 0 Å². The second-order valence-corrected chi connectivity index (χ2v) is 6.78. The van der Waals surface area contributed by atoms with Crippen molar-refractivity contribution >= 4 is 28.3 Å². The highest BCUT2D eigenvalue weighted by molar-refractivity contribution is 6.04. The van der Waals surface area contributed by atoms with E-state index < -0.39 is 6.10 Å². The zero-order valence-corrected chi connectivity index (χ0v) is 17.0. The molecule has 0 aliphatic carbocycles. The highest BCUT2D eigenvalue weighted by atomic mass is 16.5. The lowest BCUT2D eigenvalue weighted by atomic mass is 10.1. The summed E-state index contributed by atoms with van der Waals surface area (Å²) in [6.07, 6.45) is -0.715. The Labute approximate surface area is 171 Å². The first-order valence-corrected chi connectivity index (χ1v) is 9.88. The molecule has 3 rings (SSSR count). The molecule has 0 bridgehead atoms. The number of fused-ring (bicyclic) bond motifs is 1. The van der Waals surface area contributed by atoms with Crippen molar-refractivity contribution < 1.29 is 14.3 Å². The van der Waals surface area contributed by atoms with Crippen LogP contribution in [0.3, 0.4) is 0 Å². The molecule has 5 heteroatoms. The predicted octanol–water partition coefficient (Wildman–Crippen LogP) is 4.73. The van der Waals surface area contributed by atoms with Gasteiger partial charge in [0.1, 0.15) is 5.75 Å². The van der Waals surface area contributed by atoms with Gasteiger partial charge in [0.15, 0.2) is 6.10 Å². The Morgan fingerprint density at radius 1 is 0.931 bits per heavy atom. The van der Waals surface area contributed by atoms with Crippen molar-refractivity contribution in [1.29, 1.82) is 0 Å². The fourth-order valence-electron chi connectivity index (χ4n) is 3.19. The Morgan fingerprint density at radius 2 is 1.59 bits per heavy atom. The van der Waals surface area contributed by atoms with E-state index in [1.807, 2.05) is 56.3 Å². The first-order valence-electron chi connectivity index (χ1n) is 9.88. The molecule has 1 N–H and O–H groups in total. The number of carbonyl (C=O) groups is 2. The lowest BCUT2D eigenvalue weighted by Crippen LogP contribution is -2.33. The Balaban J connectivity index is 1.73. The van der Waals surface area contributed by atoms with Crippen LogP contribution in [0.5, 0.6) is 5.75 Å². The van der Waals surface area contributed by atoms with Gasteiger partial charge < -0.3 is 15.0 Å². The van der Waals surface area contributed by atoms with Crippen LogP contribution in [0, 0.1) is 0 Å². The van der Waals surface area contributed by atoms with Crippen molar-refractivity contribution in [3.8, 4) is 5.75 Å². The Hall–Kier alpha value is -3.34. The highest BCUT2D eigenvalue weighted by Crippen LogP contribution is 2.22. The molecule has 0 aliphatic rings. The van der Waals surface area contributed by atoms with Gasteiger partial charge in [-0.05, 0) is 55.8 Å². The molecule has 5 nitrogen and oxygen atoms in total. The van der Waals surface area contributed by atoms with E-state index in [0.29, 0.717) is 30.1 Å². The summed E-state index contributed by atoms with van der Waals surface area (Å²) in [4.78, 5) is 27.2. The van der Waals surface area contributed by atoms with E-state index in [1.54, 1.807) is 36.1 Å². The molecule has 3 aromatic rings. The second-order valence-electron chi connectivity index (χ2n) is 6.78. The molecular weight excluding hydrogens is 364 g/mol. The SMILES string of the molecule is CCN(CC)C(=O)c1ccccc1NC(=O)[C@H](C)Oc1ccc2ccccc2c1. The van der Waals surface area contributed by atoms with Crippen molar-refractivity contribution in [2.45, 2.75) is 26.9 Å². The third-order valence-electron chi connectivity index (χ3n) is 4.87. The molecule has 2 amide bonds. The van der Waals surface area contributed by atoms with Gasteiger partial charge in [-0.3, -0.25) is 9.59 Å². The summed E-state index contributed by atoms with van der Waals surface area (Å²) in [5.74, 6) is 0.214. The smallest absolute Gasteiger partial charge is 0.265 e. The summed E-state index contributed by atoms with van der Waals surface area (Å²) in [6, 6.07) is 20.8. The molecule has 0 saturated carbocycles. The third kappa shape index (κ3) is 4.74. The van der Waals surface area contributed by atoms with Crippen molar-refractivity contribution in [3.05, 3.63) is 72.3 Å². The average Bonchev–Trinajstić information content (AvgIpc) is 2.74. The topological polar surface area (TPSA) is 58.6 Å². The van der Waals surface area contributed by atoms with Crippen LogP contribution >= 0.6 is 0 Å². The van der Waals surface area contributed by atoms with Gasteiger partial charge in [-0.25, -0.2) is 0 Å². The fourth-order valence-corrected chi connectivity index (χ4v) is 3.19. The van der Waals surface area contributed by atoms with E-state index in [2.05, 4.69) is 5.32 Å². The van der Waals surface area contributed by atoms with Gasteiger partial charge >= 0.3 is 0 Å². The van der Waals surface area contributed by atoms with Gasteiger partial charge in [0.25, 0.3) is 11.8 Å². The van der Waals surface area contributed by atoms with Crippen LogP contribution in [0.2, 0.25) is 0 Å². The summed E-state index contributed by atoms with van der Waals surface area (Å²) in [5.41, 5.74) is 0.964. The number of carbonyl (C=O) groups excluding carboxylic acids is 2. The quantitative estimate of drug-likeness (QED) is 0.635. The fraction of sp³-hybridized carbons (Fsp3) is 0.250. The number of amides is 2. The number of rotatable bonds is 7. The van der Waals surface area contributed by atoms with Crippen LogP contribution in [0.4, 0.5) is 5.69 Å². The van der Waals surface area contributed by atoms with Gasteiger partial charge in [-0.2, -0.15) is 0 Å². The monoisotopic (exact) mass is 390 g/mol. The summed E-state index contributed by atoms with van der Waals surface area (Å²) >= 11 is 0. The molecule has 1 atom stereocenters. The molecule has 0 spiro atoms. The minimum Gasteiger partial charge on any atom is -0.481 e. The van der Waals surface area contributed by atoms with E-state index in [1.165, 1.54) is 0 Å². The summed E-state index contributed by atoms with van der Waals surface area (Å²) in [6.45, 7) is 6.78. The van der Waals surface area contributed by atoms with E-state index in [0.717, 1.165) is 10.8 Å². The number of hydrogen-bond donors (Lipinski definition) is 1. The summed E-state index contributed by atoms with van der Waals surface area (Å²) in [5, 5.41) is 5.00. The van der Waals surface area contributed by atoms with E-state index in [4.69, 9.17) is 4.74 Å². The maximum atomic E-state index is 12.7. The molecule has 29 heavy (non-hydrogen) atoms. The molecule has 3 aromatic carbocycles. The Kier molecular flexibility index (Phi) is 6.50. The number of nitrogens with one attached hydrogen (secondary N) is 1. The molecule has 0 heterocycles. The third-order valence-corrected chi connectivity index (χ3v) is 4.87. The van der Waals surface area contributed by atoms with Gasteiger partial charge in [0, 0.05) is 13.1 Å². The normalized spacial score (nSPS) is 11.7. The summed E-state index contributed by atoms with van der Waals surface area (Å²) < 4.78 is 5.84. The maximum Gasteiger partial charge on any atom is 0.265 e. The minimum atomic E-state index is -0.715. The van der Waals surface area contributed by atoms with Crippen LogP contribution in [0.1, 0.15) is 31.1 Å². The highest BCUT2D eigenvalue weighted by Gasteiger charge is 2.20. The molecule has 0 aromatic heterocycles. The van der Waals surface area contributed by atoms with Crippen LogP contribution in [0.25, 0.3) is 10.8 Å². The lowest BCUT2D eigenvalue weighted by Gasteiger charge is -2.21. The molecule has 0 aliphatic heterocycles. The zero-order valence-electron chi connectivity index (χ0n) is 17.0. The number of hydrogen-bond acceptors (Lipinski definition) is 3. The molecule has 0 saturated heterocycles. The standard InChI is InChI=1S/C24H26N2O3/c1-4-26(5-2)24(28)21-12-8-9-13-22(21)25-23(27)17(3)29-20-15-14-18-10-6-7-11-19(18)16-20/h6-17H,4-5H2,1-3H3,(H,25,27)/t17-/m0/s1. The molecular formula is C24H26N2O3. The number of nitrogens with zero attached hydrogens (tertiary/aromatic N) is 1. The number of benzene rings is 3. The van der Waals surface area contributed by atoms with E-state index in [9.17, 15) is 9.59 Å². The zero-order chi connectivity index (χ0) is 20.8. The maximum absolute atomic E-state index is 12.7. The van der Waals surface area contributed by atoms with Crippen LogP contribution in [-0.4, -0.2) is 35.9 Å². The van der Waals surface area contributed by atoms with Gasteiger partial charge in [0.2, 0.25) is 0 Å². The van der Waals surface area contributed by atoms with Gasteiger partial charge in [-0.1, -0.05) is 42.5 Å². The first-order chi connectivity index (χ1) is 14.0. The lowest BCUT2D eigenvalue weighted by molar-refractivity contribution is -0.122. The van der Waals surface area contributed by atoms with E-state index in [-0.39, 0.29) is 11.8 Å². The molecule has 150 valence electrons. The van der Waals surface area contributed by atoms with Crippen molar-refractivity contribution in [3.63, 3.8) is 0 Å². The van der Waals surface area contributed by atoms with Crippen LogP contribution in [-0.2, 0) is 4.79 Å². The van der Waals surface area contributed by atoms with Crippen LogP contribution in [0.15, 0.2) is 66.7 Å². The predicted molar refractivity (Wildman–Crippen MR) is 116 cm³/mol. The summed E-state index contributed by atoms with van der Waals surface area (Å²) in [7, 11) is 0. The number of para-hydroxylation sites is 1. The molecule has 0 radical (unpaired) electrons. The Morgan fingerprint density at radius 3 is 2.31 bits per heavy atom. The van der Waals surface area contributed by atoms with Crippen LogP contribution < -0.4 is 10.1 Å². The van der Waals surface area contributed by atoms with Crippen molar-refractivity contribution in [1.82, 2.24) is 4.90 Å². The second kappa shape index (κ2) is 9.24. The molecule has 0 unspecified atom stereocenters. The van der Waals surface area contributed by atoms with Gasteiger partial charge in [-0.15, -0.1) is 0 Å². The first kappa shape index (κ1) is 20.4. The number of anilines is 1. The minimum absolute atomic E-state index is 0.103. The number of ether oxygens (including phenoxy) is 1. The molecule has 0 fully saturated rings. The largest absolute Gasteiger partial charge is 0.481 e. The average molecular weight is 390 g/mol.